The number of anilines is 1. The van der Waals surface area contributed by atoms with Gasteiger partial charge in [-0.25, -0.2) is 9.97 Å². The molecule has 0 spiro atoms. The van der Waals surface area contributed by atoms with Gasteiger partial charge in [0.05, 0.1) is 17.4 Å². The maximum absolute atomic E-state index is 5.69. The minimum atomic E-state index is 0.636. The molecule has 0 aliphatic rings. The average Bonchev–Trinajstić information content (AvgIpc) is 2.72. The number of rotatable bonds is 1. The van der Waals surface area contributed by atoms with Gasteiger partial charge < -0.3 is 10.7 Å². The Hall–Kier alpha value is -2.36. The van der Waals surface area contributed by atoms with Gasteiger partial charge in [0, 0.05) is 5.56 Å². The molecule has 0 bridgehead atoms. The van der Waals surface area contributed by atoms with E-state index in [-0.39, 0.29) is 0 Å². The fourth-order valence-electron chi connectivity index (χ4n) is 1.85. The predicted molar refractivity (Wildman–Crippen MR) is 68.5 cm³/mol. The van der Waals surface area contributed by atoms with Gasteiger partial charge in [0.15, 0.2) is 5.65 Å². The van der Waals surface area contributed by atoms with Gasteiger partial charge in [-0.15, -0.1) is 0 Å². The summed E-state index contributed by atoms with van der Waals surface area (Å²) in [5.41, 5.74) is 10.1. The van der Waals surface area contributed by atoms with Crippen LogP contribution in [0.25, 0.3) is 22.6 Å². The third-order valence-corrected chi connectivity index (χ3v) is 2.65. The molecule has 0 fully saturated rings. The first-order valence-electron chi connectivity index (χ1n) is 5.41. The lowest BCUT2D eigenvalue weighted by Gasteiger charge is -1.97. The molecule has 4 nitrogen and oxygen atoms in total. The van der Waals surface area contributed by atoms with E-state index in [0.29, 0.717) is 11.3 Å². The molecular formula is C13H12N4. The van der Waals surface area contributed by atoms with E-state index in [1.807, 2.05) is 18.2 Å². The Kier molecular flexibility index (Phi) is 2.08. The highest BCUT2D eigenvalue weighted by molar-refractivity contribution is 5.78. The zero-order chi connectivity index (χ0) is 11.8. The smallest absolute Gasteiger partial charge is 0.178 e. The van der Waals surface area contributed by atoms with Crippen LogP contribution >= 0.6 is 0 Å². The molecule has 0 saturated carbocycles. The molecule has 0 atom stereocenters. The van der Waals surface area contributed by atoms with Crippen LogP contribution in [0.2, 0.25) is 0 Å². The lowest BCUT2D eigenvalue weighted by Crippen LogP contribution is -1.85. The average molecular weight is 224 g/mol. The van der Waals surface area contributed by atoms with Crippen LogP contribution in [0.4, 0.5) is 5.69 Å². The molecule has 84 valence electrons. The first-order chi connectivity index (χ1) is 8.22. The van der Waals surface area contributed by atoms with E-state index in [9.17, 15) is 0 Å². The molecular weight excluding hydrogens is 212 g/mol. The highest BCUT2D eigenvalue weighted by atomic mass is 15.0. The summed E-state index contributed by atoms with van der Waals surface area (Å²) >= 11 is 0. The summed E-state index contributed by atoms with van der Waals surface area (Å²) in [7, 11) is 0. The molecule has 0 aliphatic heterocycles. The van der Waals surface area contributed by atoms with Crippen molar-refractivity contribution in [2.45, 2.75) is 6.92 Å². The molecule has 0 saturated heterocycles. The number of pyridine rings is 1. The van der Waals surface area contributed by atoms with Crippen molar-refractivity contribution in [3.63, 3.8) is 0 Å². The third kappa shape index (κ3) is 1.73. The number of H-pyrrole nitrogens is 1. The van der Waals surface area contributed by atoms with Crippen molar-refractivity contribution < 1.29 is 0 Å². The van der Waals surface area contributed by atoms with Crippen molar-refractivity contribution >= 4 is 16.9 Å². The second kappa shape index (κ2) is 3.59. The molecule has 3 rings (SSSR count). The van der Waals surface area contributed by atoms with Crippen LogP contribution in [0.1, 0.15) is 5.56 Å². The summed E-state index contributed by atoms with van der Waals surface area (Å²) in [4.78, 5) is 11.9. The predicted octanol–water partition coefficient (Wildman–Crippen LogP) is 2.52. The van der Waals surface area contributed by atoms with E-state index in [0.717, 1.165) is 16.9 Å². The van der Waals surface area contributed by atoms with Crippen molar-refractivity contribution in [1.29, 1.82) is 0 Å². The minimum absolute atomic E-state index is 0.636. The second-order valence-electron chi connectivity index (χ2n) is 4.09. The molecule has 0 amide bonds. The number of nitrogen functional groups attached to an aromatic ring is 1. The van der Waals surface area contributed by atoms with Crippen molar-refractivity contribution in [3.8, 4) is 11.4 Å². The van der Waals surface area contributed by atoms with Gasteiger partial charge in [-0.05, 0) is 19.1 Å². The van der Waals surface area contributed by atoms with Crippen LogP contribution in [0, 0.1) is 6.92 Å². The summed E-state index contributed by atoms with van der Waals surface area (Å²) < 4.78 is 0. The number of aryl methyl sites for hydroxylation is 1. The number of nitrogens with one attached hydrogen (secondary N) is 1. The summed E-state index contributed by atoms with van der Waals surface area (Å²) in [5.74, 6) is 0.821. The van der Waals surface area contributed by atoms with E-state index in [2.05, 4.69) is 34.0 Å². The molecule has 17 heavy (non-hydrogen) atoms. The van der Waals surface area contributed by atoms with Gasteiger partial charge in [-0.1, -0.05) is 23.8 Å². The molecule has 2 aromatic heterocycles. The Labute approximate surface area is 98.5 Å². The lowest BCUT2D eigenvalue weighted by molar-refractivity contribution is 1.29. The minimum Gasteiger partial charge on any atom is -0.397 e. The Bertz CT molecular complexity index is 685. The Morgan fingerprint density at radius 2 is 2.12 bits per heavy atom. The van der Waals surface area contributed by atoms with Crippen molar-refractivity contribution in [3.05, 3.63) is 42.1 Å². The maximum Gasteiger partial charge on any atom is 0.178 e. The molecule has 0 unspecified atom stereocenters. The van der Waals surface area contributed by atoms with Crippen LogP contribution in [0.5, 0.6) is 0 Å². The molecule has 4 heteroatoms. The van der Waals surface area contributed by atoms with E-state index < -0.39 is 0 Å². The quantitative estimate of drug-likeness (QED) is 0.667. The highest BCUT2D eigenvalue weighted by Gasteiger charge is 2.06. The second-order valence-corrected chi connectivity index (χ2v) is 4.09. The molecule has 2 heterocycles. The van der Waals surface area contributed by atoms with Crippen LogP contribution in [-0.2, 0) is 0 Å². The number of imidazole rings is 1. The van der Waals surface area contributed by atoms with Gasteiger partial charge in [0.2, 0.25) is 0 Å². The Morgan fingerprint density at radius 3 is 2.94 bits per heavy atom. The fourth-order valence-corrected chi connectivity index (χ4v) is 1.85. The number of fused-ring (bicyclic) bond motifs is 1. The zero-order valence-corrected chi connectivity index (χ0v) is 9.44. The van der Waals surface area contributed by atoms with Crippen molar-refractivity contribution in [1.82, 2.24) is 15.0 Å². The normalized spacial score (nSPS) is 10.9. The number of hydrogen-bond acceptors (Lipinski definition) is 3. The first-order valence-corrected chi connectivity index (χ1v) is 5.41. The molecule has 3 aromatic rings. The van der Waals surface area contributed by atoms with E-state index in [1.165, 1.54) is 5.56 Å². The summed E-state index contributed by atoms with van der Waals surface area (Å²) in [6.07, 6.45) is 1.61. The SMILES string of the molecule is Cc1cccc(-c2nc3ncc(N)cc3[nH]2)c1. The van der Waals surface area contributed by atoms with Crippen molar-refractivity contribution in [2.75, 3.05) is 5.73 Å². The number of nitrogens with two attached hydrogens (primary N) is 1. The summed E-state index contributed by atoms with van der Waals surface area (Å²) in [6, 6.07) is 10.0. The molecule has 0 radical (unpaired) electrons. The summed E-state index contributed by atoms with van der Waals surface area (Å²) in [6.45, 7) is 2.06. The Morgan fingerprint density at radius 1 is 1.24 bits per heavy atom. The highest BCUT2D eigenvalue weighted by Crippen LogP contribution is 2.21. The monoisotopic (exact) mass is 224 g/mol. The standard InChI is InChI=1S/C13H12N4/c1-8-3-2-4-9(5-8)12-16-11-6-10(14)7-15-13(11)17-12/h2-7H,14H2,1H3,(H,15,16,17). The molecule has 0 aliphatic carbocycles. The van der Waals surface area contributed by atoms with Gasteiger partial charge in [0.1, 0.15) is 5.82 Å². The topological polar surface area (TPSA) is 67.6 Å². The third-order valence-electron chi connectivity index (χ3n) is 2.65. The van der Waals surface area contributed by atoms with E-state index in [4.69, 9.17) is 5.73 Å². The van der Waals surface area contributed by atoms with E-state index >= 15 is 0 Å². The van der Waals surface area contributed by atoms with Gasteiger partial charge in [-0.2, -0.15) is 0 Å². The number of aromatic nitrogens is 3. The number of nitrogens with zero attached hydrogens (tertiary/aromatic N) is 2. The van der Waals surface area contributed by atoms with Crippen molar-refractivity contribution in [2.24, 2.45) is 0 Å². The van der Waals surface area contributed by atoms with Gasteiger partial charge in [0.25, 0.3) is 0 Å². The number of hydrogen-bond donors (Lipinski definition) is 2. The number of benzene rings is 1. The Balaban J connectivity index is 2.18. The van der Waals surface area contributed by atoms with Gasteiger partial charge >= 0.3 is 0 Å². The summed E-state index contributed by atoms with van der Waals surface area (Å²) in [5, 5.41) is 0. The molecule has 1 aromatic carbocycles. The zero-order valence-electron chi connectivity index (χ0n) is 9.44. The largest absolute Gasteiger partial charge is 0.397 e. The van der Waals surface area contributed by atoms with Crippen LogP contribution in [0.3, 0.4) is 0 Å². The lowest BCUT2D eigenvalue weighted by atomic mass is 10.1. The first kappa shape index (κ1) is 9.84. The van der Waals surface area contributed by atoms with Gasteiger partial charge in [-0.3, -0.25) is 0 Å². The maximum atomic E-state index is 5.69. The fraction of sp³-hybridized carbons (Fsp3) is 0.0769. The molecule has 3 N–H and O–H groups in total. The van der Waals surface area contributed by atoms with E-state index in [1.54, 1.807) is 6.20 Å². The van der Waals surface area contributed by atoms with Crippen LogP contribution < -0.4 is 5.73 Å². The number of aromatic amines is 1. The van der Waals surface area contributed by atoms with Crippen LogP contribution in [0.15, 0.2) is 36.5 Å². The van der Waals surface area contributed by atoms with Crippen LogP contribution in [-0.4, -0.2) is 15.0 Å².